The maximum Gasteiger partial charge on any atom is 0.334 e. The largest absolute Gasteiger partial charge is 0.464 e. The highest BCUT2D eigenvalue weighted by molar-refractivity contribution is 9.25. The molecule has 0 saturated carbocycles. The Morgan fingerprint density at radius 3 is 2.27 bits per heavy atom. The van der Waals surface area contributed by atoms with E-state index in [1.165, 1.54) is 0 Å². The molecule has 4 heteroatoms. The zero-order valence-corrected chi connectivity index (χ0v) is 10.0. The molecule has 0 aliphatic heterocycles. The summed E-state index contributed by atoms with van der Waals surface area (Å²) in [6.07, 6.45) is 0. The molecule has 0 aromatic heterocycles. The van der Waals surface area contributed by atoms with Gasteiger partial charge in [-0.15, -0.1) is 0 Å². The van der Waals surface area contributed by atoms with Crippen molar-refractivity contribution in [2.45, 2.75) is 24.0 Å². The molecule has 0 aliphatic carbocycles. The molecular formula is C7H12Br2O2. The fourth-order valence-corrected chi connectivity index (χ4v) is 0.692. The van der Waals surface area contributed by atoms with Gasteiger partial charge in [-0.25, -0.2) is 4.79 Å². The van der Waals surface area contributed by atoms with E-state index < -0.39 is 3.23 Å². The molecule has 0 unspecified atom stereocenters. The Kier molecular flexibility index (Phi) is 4.63. The van der Waals surface area contributed by atoms with E-state index in [4.69, 9.17) is 4.74 Å². The standard InChI is InChI=1S/C7H12Br2O2/c1-4-11-6(10)7(8,9)5(2)3/h5H,4H2,1-3H3. The maximum absolute atomic E-state index is 11.2. The highest BCUT2D eigenvalue weighted by atomic mass is 79.9. The van der Waals surface area contributed by atoms with Crippen LogP contribution < -0.4 is 0 Å². The first-order valence-electron chi connectivity index (χ1n) is 3.48. The lowest BCUT2D eigenvalue weighted by Gasteiger charge is -2.21. The Balaban J connectivity index is 4.18. The van der Waals surface area contributed by atoms with Crippen LogP contribution in [0.4, 0.5) is 0 Å². The van der Waals surface area contributed by atoms with Gasteiger partial charge in [0.05, 0.1) is 6.61 Å². The molecule has 0 radical (unpaired) electrons. The molecule has 0 spiro atoms. The molecule has 11 heavy (non-hydrogen) atoms. The summed E-state index contributed by atoms with van der Waals surface area (Å²) < 4.78 is 4.11. The van der Waals surface area contributed by atoms with Gasteiger partial charge in [-0.3, -0.25) is 0 Å². The molecule has 0 bridgehead atoms. The van der Waals surface area contributed by atoms with Gasteiger partial charge in [0, 0.05) is 0 Å². The van der Waals surface area contributed by atoms with Crippen LogP contribution in [0, 0.1) is 5.92 Å². The Labute approximate surface area is 83.9 Å². The number of halogens is 2. The second kappa shape index (κ2) is 4.45. The van der Waals surface area contributed by atoms with E-state index in [2.05, 4.69) is 31.9 Å². The van der Waals surface area contributed by atoms with Crippen LogP contribution in [0.3, 0.4) is 0 Å². The Morgan fingerprint density at radius 2 is 2.00 bits per heavy atom. The van der Waals surface area contributed by atoms with Crippen LogP contribution in [0.2, 0.25) is 0 Å². The maximum atomic E-state index is 11.2. The van der Waals surface area contributed by atoms with Gasteiger partial charge >= 0.3 is 5.97 Å². The highest BCUT2D eigenvalue weighted by Gasteiger charge is 2.37. The van der Waals surface area contributed by atoms with Crippen LogP contribution >= 0.6 is 31.9 Å². The van der Waals surface area contributed by atoms with Crippen molar-refractivity contribution < 1.29 is 9.53 Å². The van der Waals surface area contributed by atoms with Crippen LogP contribution in [0.25, 0.3) is 0 Å². The molecule has 0 heterocycles. The number of esters is 1. The van der Waals surface area contributed by atoms with E-state index in [1.54, 1.807) is 6.92 Å². The van der Waals surface area contributed by atoms with Crippen LogP contribution in [-0.2, 0) is 9.53 Å². The van der Waals surface area contributed by atoms with E-state index in [0.717, 1.165) is 0 Å². The molecule has 0 atom stereocenters. The van der Waals surface area contributed by atoms with Crippen molar-refractivity contribution in [2.75, 3.05) is 6.61 Å². The van der Waals surface area contributed by atoms with Crippen molar-refractivity contribution in [3.05, 3.63) is 0 Å². The number of carbonyl (C=O) groups excluding carboxylic acids is 1. The summed E-state index contributed by atoms with van der Waals surface area (Å²) in [5, 5.41) is 0. The zero-order valence-electron chi connectivity index (χ0n) is 6.86. The number of hydrogen-bond donors (Lipinski definition) is 0. The van der Waals surface area contributed by atoms with E-state index in [1.807, 2.05) is 13.8 Å². The predicted molar refractivity (Wildman–Crippen MR) is 52.1 cm³/mol. The number of rotatable bonds is 3. The first kappa shape index (κ1) is 11.4. The topological polar surface area (TPSA) is 26.3 Å². The number of carbonyl (C=O) groups is 1. The van der Waals surface area contributed by atoms with E-state index in [-0.39, 0.29) is 11.9 Å². The van der Waals surface area contributed by atoms with Crippen LogP contribution in [0.15, 0.2) is 0 Å². The van der Waals surface area contributed by atoms with Gasteiger partial charge in [0.2, 0.25) is 0 Å². The molecule has 2 nitrogen and oxygen atoms in total. The summed E-state index contributed by atoms with van der Waals surface area (Å²) in [6.45, 7) is 6.06. The Bertz CT molecular complexity index is 143. The highest BCUT2D eigenvalue weighted by Crippen LogP contribution is 2.35. The lowest BCUT2D eigenvalue weighted by molar-refractivity contribution is -0.143. The smallest absolute Gasteiger partial charge is 0.334 e. The van der Waals surface area contributed by atoms with Crippen molar-refractivity contribution in [3.8, 4) is 0 Å². The zero-order chi connectivity index (χ0) is 9.07. The molecular weight excluding hydrogens is 276 g/mol. The molecule has 0 amide bonds. The summed E-state index contributed by atoms with van der Waals surface area (Å²) in [5.74, 6) is -0.114. The van der Waals surface area contributed by atoms with Crippen molar-refractivity contribution in [2.24, 2.45) is 5.92 Å². The van der Waals surface area contributed by atoms with Gasteiger partial charge in [-0.05, 0) is 12.8 Å². The predicted octanol–water partition coefficient (Wildman–Crippen LogP) is 2.69. The minimum absolute atomic E-state index is 0.154. The lowest BCUT2D eigenvalue weighted by atomic mass is 10.1. The van der Waals surface area contributed by atoms with Crippen molar-refractivity contribution in [1.29, 1.82) is 0 Å². The quantitative estimate of drug-likeness (QED) is 0.589. The Hall–Kier alpha value is 0.430. The van der Waals surface area contributed by atoms with Crippen molar-refractivity contribution >= 4 is 37.8 Å². The normalized spacial score (nSPS) is 11.8. The summed E-state index contributed by atoms with van der Waals surface area (Å²) >= 11 is 6.51. The second-order valence-corrected chi connectivity index (χ2v) is 6.06. The van der Waals surface area contributed by atoms with E-state index >= 15 is 0 Å². The average molecular weight is 288 g/mol. The monoisotopic (exact) mass is 286 g/mol. The molecule has 0 aromatic rings. The molecule has 66 valence electrons. The number of alkyl halides is 2. The first-order valence-corrected chi connectivity index (χ1v) is 5.06. The van der Waals surface area contributed by atoms with Crippen LogP contribution in [0.5, 0.6) is 0 Å². The van der Waals surface area contributed by atoms with E-state index in [0.29, 0.717) is 6.61 Å². The fraction of sp³-hybridized carbons (Fsp3) is 0.857. The van der Waals surface area contributed by atoms with Gasteiger partial charge in [-0.2, -0.15) is 0 Å². The van der Waals surface area contributed by atoms with E-state index in [9.17, 15) is 4.79 Å². The summed E-state index contributed by atoms with van der Waals surface area (Å²) in [6, 6.07) is 0. The lowest BCUT2D eigenvalue weighted by Crippen LogP contribution is -2.32. The Morgan fingerprint density at radius 1 is 1.55 bits per heavy atom. The van der Waals surface area contributed by atoms with Crippen molar-refractivity contribution in [3.63, 3.8) is 0 Å². The summed E-state index contributed by atoms with van der Waals surface area (Å²) in [5.41, 5.74) is 0. The SMILES string of the molecule is CCOC(=O)C(Br)(Br)C(C)C. The van der Waals surface area contributed by atoms with Gasteiger partial charge < -0.3 is 4.74 Å². The third-order valence-corrected chi connectivity index (χ3v) is 3.75. The molecule has 0 rings (SSSR count). The van der Waals surface area contributed by atoms with Gasteiger partial charge in [0.25, 0.3) is 0 Å². The number of ether oxygens (including phenoxy) is 1. The molecule has 0 aromatic carbocycles. The molecule has 0 aliphatic rings. The van der Waals surface area contributed by atoms with Gasteiger partial charge in [0.15, 0.2) is 3.23 Å². The molecule has 0 saturated heterocycles. The van der Waals surface area contributed by atoms with Gasteiger partial charge in [0.1, 0.15) is 0 Å². The first-order chi connectivity index (χ1) is 4.92. The second-order valence-electron chi connectivity index (χ2n) is 2.50. The third kappa shape index (κ3) is 3.11. The summed E-state index contributed by atoms with van der Waals surface area (Å²) in [4.78, 5) is 11.2. The minimum Gasteiger partial charge on any atom is -0.464 e. The molecule has 0 fully saturated rings. The average Bonchev–Trinajstić information content (AvgIpc) is 1.88. The van der Waals surface area contributed by atoms with Gasteiger partial charge in [-0.1, -0.05) is 45.7 Å². The fourth-order valence-electron chi connectivity index (χ4n) is 0.463. The van der Waals surface area contributed by atoms with Crippen LogP contribution in [0.1, 0.15) is 20.8 Å². The summed E-state index contributed by atoms with van der Waals surface area (Å²) in [7, 11) is 0. The van der Waals surface area contributed by atoms with Crippen molar-refractivity contribution in [1.82, 2.24) is 0 Å². The molecule has 0 N–H and O–H groups in total. The third-order valence-electron chi connectivity index (χ3n) is 1.27. The van der Waals surface area contributed by atoms with Crippen LogP contribution in [-0.4, -0.2) is 15.8 Å². The number of hydrogen-bond acceptors (Lipinski definition) is 2. The minimum atomic E-state index is -0.726.